The minimum atomic E-state index is -0.145. The summed E-state index contributed by atoms with van der Waals surface area (Å²) in [7, 11) is 1.69. The molecular formula is C18H23N3O4. The molecule has 3 aliphatic rings. The summed E-state index contributed by atoms with van der Waals surface area (Å²) in [6.07, 6.45) is 2.42. The molecule has 0 spiro atoms. The summed E-state index contributed by atoms with van der Waals surface area (Å²) in [5, 5.41) is 3.11. The van der Waals surface area contributed by atoms with Crippen LogP contribution in [0.2, 0.25) is 0 Å². The van der Waals surface area contributed by atoms with Crippen molar-refractivity contribution in [3.8, 4) is 5.75 Å². The average Bonchev–Trinajstić information content (AvgIpc) is 3.29. The number of carbonyl (C=O) groups excluding carboxylic acids is 2. The lowest BCUT2D eigenvalue weighted by molar-refractivity contribution is -0.120. The number of hydrogen-bond acceptors (Lipinski definition) is 5. The first kappa shape index (κ1) is 16.4. The molecule has 2 saturated heterocycles. The molecule has 0 aromatic heterocycles. The molecule has 2 atom stereocenters. The predicted octanol–water partition coefficient (Wildman–Crippen LogP) is 0.635. The second-order valence-electron chi connectivity index (χ2n) is 6.85. The van der Waals surface area contributed by atoms with E-state index in [1.165, 1.54) is 17.7 Å². The third-order valence-corrected chi connectivity index (χ3v) is 5.28. The van der Waals surface area contributed by atoms with Crippen molar-refractivity contribution in [2.75, 3.05) is 44.9 Å². The monoisotopic (exact) mass is 345 g/mol. The van der Waals surface area contributed by atoms with Crippen LogP contribution in [0.25, 0.3) is 0 Å². The van der Waals surface area contributed by atoms with Crippen LogP contribution in [-0.2, 0) is 9.53 Å². The summed E-state index contributed by atoms with van der Waals surface area (Å²) in [6, 6.07) is 5.44. The van der Waals surface area contributed by atoms with Crippen molar-refractivity contribution in [2.24, 2.45) is 0 Å². The fraction of sp³-hybridized carbons (Fsp3) is 0.556. The molecule has 0 aliphatic carbocycles. The number of fused-ring (bicyclic) bond motifs is 1. The summed E-state index contributed by atoms with van der Waals surface area (Å²) in [5.41, 5.74) is 1.15. The van der Waals surface area contributed by atoms with Gasteiger partial charge in [-0.25, -0.2) is 0 Å². The first-order chi connectivity index (χ1) is 12.1. The van der Waals surface area contributed by atoms with Gasteiger partial charge in [0, 0.05) is 12.6 Å². The van der Waals surface area contributed by atoms with Gasteiger partial charge in [0.1, 0.15) is 5.75 Å². The Balaban J connectivity index is 1.48. The van der Waals surface area contributed by atoms with Crippen LogP contribution in [-0.4, -0.2) is 68.8 Å². The van der Waals surface area contributed by atoms with Crippen LogP contribution in [0, 0.1) is 0 Å². The lowest BCUT2D eigenvalue weighted by atomic mass is 10.1. The summed E-state index contributed by atoms with van der Waals surface area (Å²) in [4.78, 5) is 28.4. The molecule has 134 valence electrons. The van der Waals surface area contributed by atoms with Crippen LogP contribution >= 0.6 is 0 Å². The molecule has 1 aromatic rings. The molecule has 1 N–H and O–H groups in total. The van der Waals surface area contributed by atoms with E-state index in [1.54, 1.807) is 25.2 Å². The molecule has 4 rings (SSSR count). The highest BCUT2D eigenvalue weighted by Crippen LogP contribution is 2.32. The smallest absolute Gasteiger partial charge is 0.264 e. The number of likely N-dealkylation sites (N-methyl/N-ethyl adjacent to an activating group) is 1. The summed E-state index contributed by atoms with van der Waals surface area (Å²) in [6.45, 7) is 3.39. The van der Waals surface area contributed by atoms with E-state index in [9.17, 15) is 9.59 Å². The maximum absolute atomic E-state index is 12.7. The highest BCUT2D eigenvalue weighted by Gasteiger charge is 2.35. The van der Waals surface area contributed by atoms with Crippen LogP contribution in [0.4, 0.5) is 5.69 Å². The third kappa shape index (κ3) is 3.09. The summed E-state index contributed by atoms with van der Waals surface area (Å²) < 4.78 is 11.0. The molecule has 0 bridgehead atoms. The molecule has 3 aliphatic heterocycles. The van der Waals surface area contributed by atoms with Gasteiger partial charge in [-0.1, -0.05) is 0 Å². The molecule has 3 heterocycles. The van der Waals surface area contributed by atoms with Gasteiger partial charge >= 0.3 is 0 Å². The van der Waals surface area contributed by atoms with Crippen LogP contribution < -0.4 is 15.0 Å². The van der Waals surface area contributed by atoms with Crippen molar-refractivity contribution in [3.63, 3.8) is 0 Å². The molecule has 2 fully saturated rings. The molecular weight excluding hydrogens is 322 g/mol. The number of ether oxygens (including phenoxy) is 2. The zero-order valence-corrected chi connectivity index (χ0v) is 14.4. The van der Waals surface area contributed by atoms with Crippen LogP contribution in [0.1, 0.15) is 23.2 Å². The van der Waals surface area contributed by atoms with Gasteiger partial charge in [0.2, 0.25) is 0 Å². The number of rotatable bonds is 3. The number of hydrogen-bond donors (Lipinski definition) is 1. The van der Waals surface area contributed by atoms with Gasteiger partial charge in [0.15, 0.2) is 6.61 Å². The number of nitrogens with one attached hydrogen (secondary N) is 1. The standard InChI is InChI=1S/C18H23N3O4/c1-20-14-8-12(4-5-16(14)25-11-17(20)22)18(23)19-13-9-24-10-15(13)21-6-2-3-7-21/h4-5,8,13,15H,2-3,6-7,9-11H2,1H3,(H,19,23)/t13-,15-/m0/s1. The summed E-state index contributed by atoms with van der Waals surface area (Å²) in [5.74, 6) is 0.357. The van der Waals surface area contributed by atoms with Gasteiger partial charge in [-0.15, -0.1) is 0 Å². The Hall–Kier alpha value is -2.12. The first-order valence-electron chi connectivity index (χ1n) is 8.79. The largest absolute Gasteiger partial charge is 0.482 e. The predicted molar refractivity (Wildman–Crippen MR) is 92.0 cm³/mol. The highest BCUT2D eigenvalue weighted by atomic mass is 16.5. The van der Waals surface area contributed by atoms with Crippen LogP contribution in [0.15, 0.2) is 18.2 Å². The number of benzene rings is 1. The van der Waals surface area contributed by atoms with Crippen molar-refractivity contribution in [2.45, 2.75) is 24.9 Å². The molecule has 25 heavy (non-hydrogen) atoms. The average molecular weight is 345 g/mol. The van der Waals surface area contributed by atoms with E-state index in [1.807, 2.05) is 0 Å². The lowest BCUT2D eigenvalue weighted by Crippen LogP contribution is -2.50. The molecule has 1 aromatic carbocycles. The lowest BCUT2D eigenvalue weighted by Gasteiger charge is -2.28. The SMILES string of the molecule is CN1C(=O)COc2ccc(C(=O)N[C@H]3COC[C@@H]3N3CCCC3)cc21. The van der Waals surface area contributed by atoms with Gasteiger partial charge in [0.25, 0.3) is 11.8 Å². The number of nitrogens with zero attached hydrogens (tertiary/aromatic N) is 2. The van der Waals surface area contributed by atoms with Gasteiger partial charge < -0.3 is 19.7 Å². The van der Waals surface area contributed by atoms with Crippen molar-refractivity contribution in [1.82, 2.24) is 10.2 Å². The number of carbonyl (C=O) groups is 2. The van der Waals surface area contributed by atoms with E-state index in [-0.39, 0.29) is 30.5 Å². The number of amides is 2. The van der Waals surface area contributed by atoms with Gasteiger partial charge in [-0.05, 0) is 44.1 Å². The zero-order chi connectivity index (χ0) is 17.4. The van der Waals surface area contributed by atoms with Crippen molar-refractivity contribution < 1.29 is 19.1 Å². The first-order valence-corrected chi connectivity index (χ1v) is 8.79. The van der Waals surface area contributed by atoms with Crippen molar-refractivity contribution in [1.29, 1.82) is 0 Å². The van der Waals surface area contributed by atoms with E-state index >= 15 is 0 Å². The molecule has 0 unspecified atom stereocenters. The second-order valence-corrected chi connectivity index (χ2v) is 6.85. The topological polar surface area (TPSA) is 71.1 Å². The third-order valence-electron chi connectivity index (χ3n) is 5.28. The zero-order valence-electron chi connectivity index (χ0n) is 14.4. The molecule has 0 saturated carbocycles. The Morgan fingerprint density at radius 2 is 2.04 bits per heavy atom. The van der Waals surface area contributed by atoms with Gasteiger partial charge in [0.05, 0.1) is 31.0 Å². The van der Waals surface area contributed by atoms with Crippen molar-refractivity contribution >= 4 is 17.5 Å². The molecule has 7 nitrogen and oxygen atoms in total. The van der Waals surface area contributed by atoms with Crippen LogP contribution in [0.3, 0.4) is 0 Å². The molecule has 0 radical (unpaired) electrons. The van der Waals surface area contributed by atoms with Crippen molar-refractivity contribution in [3.05, 3.63) is 23.8 Å². The molecule has 2 amide bonds. The van der Waals surface area contributed by atoms with E-state index in [0.29, 0.717) is 30.2 Å². The normalized spacial score (nSPS) is 26.4. The Bertz CT molecular complexity index is 687. The van der Waals surface area contributed by atoms with Gasteiger partial charge in [-0.2, -0.15) is 0 Å². The minimum Gasteiger partial charge on any atom is -0.482 e. The van der Waals surface area contributed by atoms with E-state index < -0.39 is 0 Å². The van der Waals surface area contributed by atoms with E-state index in [2.05, 4.69) is 10.2 Å². The van der Waals surface area contributed by atoms with Crippen LogP contribution in [0.5, 0.6) is 5.75 Å². The number of likely N-dealkylation sites (tertiary alicyclic amines) is 1. The maximum Gasteiger partial charge on any atom is 0.264 e. The quantitative estimate of drug-likeness (QED) is 0.870. The van der Waals surface area contributed by atoms with Gasteiger partial charge in [-0.3, -0.25) is 14.5 Å². The maximum atomic E-state index is 12.7. The number of anilines is 1. The Morgan fingerprint density at radius 1 is 1.24 bits per heavy atom. The fourth-order valence-electron chi connectivity index (χ4n) is 3.78. The summed E-state index contributed by atoms with van der Waals surface area (Å²) >= 11 is 0. The van der Waals surface area contributed by atoms with E-state index in [4.69, 9.17) is 9.47 Å². The second kappa shape index (κ2) is 6.65. The Kier molecular flexibility index (Phi) is 4.35. The Labute approximate surface area is 146 Å². The fourth-order valence-corrected chi connectivity index (χ4v) is 3.78. The Morgan fingerprint density at radius 3 is 2.84 bits per heavy atom. The van der Waals surface area contributed by atoms with E-state index in [0.717, 1.165) is 13.1 Å². The molecule has 7 heteroatoms. The minimum absolute atomic E-state index is 0.00255. The highest BCUT2D eigenvalue weighted by molar-refractivity contribution is 6.01.